The van der Waals surface area contributed by atoms with Crippen LogP contribution >= 0.6 is 0 Å². The fourth-order valence-corrected chi connectivity index (χ4v) is 2.98. The summed E-state index contributed by atoms with van der Waals surface area (Å²) < 4.78 is 0. The van der Waals surface area contributed by atoms with Crippen LogP contribution in [0.15, 0.2) is 18.2 Å². The minimum absolute atomic E-state index is 0.528. The van der Waals surface area contributed by atoms with Crippen molar-refractivity contribution in [2.24, 2.45) is 5.92 Å². The number of hydrogen-bond donors (Lipinski definition) is 3. The monoisotopic (exact) mass is 258 g/mol. The second kappa shape index (κ2) is 5.11. The zero-order chi connectivity index (χ0) is 13.2. The number of rotatable bonds is 2. The Labute approximate surface area is 113 Å². The first kappa shape index (κ1) is 12.3. The number of benzene rings is 1. The van der Waals surface area contributed by atoms with Crippen molar-refractivity contribution in [1.82, 2.24) is 9.97 Å². The maximum atomic E-state index is 5.79. The van der Waals surface area contributed by atoms with Gasteiger partial charge in [-0.05, 0) is 37.0 Å². The predicted molar refractivity (Wildman–Crippen MR) is 80.2 cm³/mol. The van der Waals surface area contributed by atoms with Crippen molar-refractivity contribution in [1.29, 1.82) is 0 Å². The van der Waals surface area contributed by atoms with Gasteiger partial charge in [0.25, 0.3) is 0 Å². The molecule has 1 aliphatic carbocycles. The Morgan fingerprint density at radius 2 is 2.11 bits per heavy atom. The van der Waals surface area contributed by atoms with Gasteiger partial charge in [-0.3, -0.25) is 0 Å². The number of nitrogens with zero attached hydrogens (tertiary/aromatic N) is 1. The number of aromatic amines is 1. The topological polar surface area (TPSA) is 66.7 Å². The molecule has 0 amide bonds. The molecule has 1 aliphatic rings. The molecule has 1 aromatic carbocycles. The number of anilines is 2. The lowest BCUT2D eigenvalue weighted by Gasteiger charge is -2.22. The van der Waals surface area contributed by atoms with E-state index in [1.165, 1.54) is 32.1 Å². The summed E-state index contributed by atoms with van der Waals surface area (Å²) in [6, 6.07) is 6.31. The van der Waals surface area contributed by atoms with Crippen molar-refractivity contribution in [3.63, 3.8) is 0 Å². The van der Waals surface area contributed by atoms with Gasteiger partial charge in [0.1, 0.15) is 0 Å². The summed E-state index contributed by atoms with van der Waals surface area (Å²) in [7, 11) is 0. The smallest absolute Gasteiger partial charge is 0.201 e. The largest absolute Gasteiger partial charge is 0.399 e. The minimum Gasteiger partial charge on any atom is -0.399 e. The van der Waals surface area contributed by atoms with Crippen LogP contribution in [0, 0.1) is 5.92 Å². The SMILES string of the molecule is CC1CCCCCC1Nc1nc2ccc(N)cc2[nH]1. The summed E-state index contributed by atoms with van der Waals surface area (Å²) in [5.74, 6) is 1.58. The Balaban J connectivity index is 1.80. The van der Waals surface area contributed by atoms with Crippen LogP contribution in [0.25, 0.3) is 11.0 Å². The lowest BCUT2D eigenvalue weighted by molar-refractivity contribution is 0.455. The molecule has 1 heterocycles. The summed E-state index contributed by atoms with van der Waals surface area (Å²) >= 11 is 0. The first-order chi connectivity index (χ1) is 9.22. The number of imidazole rings is 1. The van der Waals surface area contributed by atoms with Crippen LogP contribution in [-0.2, 0) is 0 Å². The van der Waals surface area contributed by atoms with Gasteiger partial charge >= 0.3 is 0 Å². The standard InChI is InChI=1S/C15H22N4/c1-10-5-3-2-4-6-12(10)17-15-18-13-8-7-11(16)9-14(13)19-15/h7-10,12H,2-6,16H2,1H3,(H2,17,18,19). The van der Waals surface area contributed by atoms with Crippen LogP contribution in [0.1, 0.15) is 39.0 Å². The maximum absolute atomic E-state index is 5.79. The second-order valence-electron chi connectivity index (χ2n) is 5.73. The van der Waals surface area contributed by atoms with E-state index >= 15 is 0 Å². The molecule has 19 heavy (non-hydrogen) atoms. The Morgan fingerprint density at radius 3 is 3.00 bits per heavy atom. The number of fused-ring (bicyclic) bond motifs is 1. The van der Waals surface area contributed by atoms with Crippen LogP contribution in [0.3, 0.4) is 0 Å². The third-order valence-corrected chi connectivity index (χ3v) is 4.19. The van der Waals surface area contributed by atoms with E-state index in [0.29, 0.717) is 12.0 Å². The molecule has 0 spiro atoms. The van der Waals surface area contributed by atoms with Gasteiger partial charge in [0.05, 0.1) is 11.0 Å². The summed E-state index contributed by atoms with van der Waals surface area (Å²) in [5.41, 5.74) is 8.53. The third-order valence-electron chi connectivity index (χ3n) is 4.19. The van der Waals surface area contributed by atoms with E-state index in [-0.39, 0.29) is 0 Å². The fourth-order valence-electron chi connectivity index (χ4n) is 2.98. The molecule has 4 heteroatoms. The van der Waals surface area contributed by atoms with Gasteiger partial charge in [0.2, 0.25) is 5.95 Å². The first-order valence-electron chi connectivity index (χ1n) is 7.24. The van der Waals surface area contributed by atoms with E-state index in [1.807, 2.05) is 18.2 Å². The Bertz CT molecular complexity index is 560. The molecule has 2 aromatic rings. The lowest BCUT2D eigenvalue weighted by atomic mass is 9.97. The quantitative estimate of drug-likeness (QED) is 0.570. The molecule has 4 N–H and O–H groups in total. The van der Waals surface area contributed by atoms with Gasteiger partial charge in [0, 0.05) is 11.7 Å². The zero-order valence-corrected chi connectivity index (χ0v) is 11.4. The summed E-state index contributed by atoms with van der Waals surface area (Å²) in [6.45, 7) is 2.34. The molecular weight excluding hydrogens is 236 g/mol. The van der Waals surface area contributed by atoms with Crippen molar-refractivity contribution in [3.8, 4) is 0 Å². The second-order valence-corrected chi connectivity index (χ2v) is 5.73. The van der Waals surface area contributed by atoms with Gasteiger partial charge in [-0.15, -0.1) is 0 Å². The number of nitrogens with two attached hydrogens (primary N) is 1. The molecule has 0 bridgehead atoms. The molecule has 1 fully saturated rings. The molecule has 2 unspecified atom stereocenters. The predicted octanol–water partition coefficient (Wildman–Crippen LogP) is 3.53. The van der Waals surface area contributed by atoms with E-state index in [9.17, 15) is 0 Å². The zero-order valence-electron chi connectivity index (χ0n) is 11.4. The third kappa shape index (κ3) is 2.67. The molecule has 3 rings (SSSR count). The number of H-pyrrole nitrogens is 1. The highest BCUT2D eigenvalue weighted by atomic mass is 15.1. The maximum Gasteiger partial charge on any atom is 0.201 e. The highest BCUT2D eigenvalue weighted by Crippen LogP contribution is 2.26. The van der Waals surface area contributed by atoms with Crippen molar-refractivity contribution < 1.29 is 0 Å². The molecule has 0 radical (unpaired) electrons. The molecule has 4 nitrogen and oxygen atoms in total. The van der Waals surface area contributed by atoms with Gasteiger partial charge in [0.15, 0.2) is 0 Å². The van der Waals surface area contributed by atoms with Gasteiger partial charge in [-0.2, -0.15) is 0 Å². The lowest BCUT2D eigenvalue weighted by Crippen LogP contribution is -2.26. The van der Waals surface area contributed by atoms with Gasteiger partial charge < -0.3 is 16.0 Å². The van der Waals surface area contributed by atoms with E-state index in [2.05, 4.69) is 22.2 Å². The van der Waals surface area contributed by atoms with Crippen LogP contribution in [-0.4, -0.2) is 16.0 Å². The Hall–Kier alpha value is -1.71. The van der Waals surface area contributed by atoms with Crippen molar-refractivity contribution in [2.75, 3.05) is 11.1 Å². The molecular formula is C15H22N4. The first-order valence-corrected chi connectivity index (χ1v) is 7.24. The van der Waals surface area contributed by atoms with Gasteiger partial charge in [-0.25, -0.2) is 4.98 Å². The average Bonchev–Trinajstić information content (AvgIpc) is 2.66. The van der Waals surface area contributed by atoms with E-state index in [0.717, 1.165) is 22.7 Å². The van der Waals surface area contributed by atoms with E-state index < -0.39 is 0 Å². The van der Waals surface area contributed by atoms with Gasteiger partial charge in [-0.1, -0.05) is 26.2 Å². The number of hydrogen-bond acceptors (Lipinski definition) is 3. The molecule has 0 saturated heterocycles. The minimum atomic E-state index is 0.528. The summed E-state index contributed by atoms with van der Waals surface area (Å²) in [6.07, 6.45) is 6.58. The fraction of sp³-hybridized carbons (Fsp3) is 0.533. The molecule has 2 atom stereocenters. The van der Waals surface area contributed by atoms with Crippen molar-refractivity contribution >= 4 is 22.7 Å². The van der Waals surface area contributed by atoms with Crippen LogP contribution in [0.4, 0.5) is 11.6 Å². The highest BCUT2D eigenvalue weighted by Gasteiger charge is 2.20. The molecule has 102 valence electrons. The highest BCUT2D eigenvalue weighted by molar-refractivity contribution is 5.80. The summed E-state index contributed by atoms with van der Waals surface area (Å²) in [4.78, 5) is 7.91. The summed E-state index contributed by atoms with van der Waals surface area (Å²) in [5, 5.41) is 3.57. The van der Waals surface area contributed by atoms with Crippen LogP contribution < -0.4 is 11.1 Å². The Morgan fingerprint density at radius 1 is 1.26 bits per heavy atom. The molecule has 1 saturated carbocycles. The average molecular weight is 258 g/mol. The Kier molecular flexibility index (Phi) is 3.32. The van der Waals surface area contributed by atoms with E-state index in [1.54, 1.807) is 0 Å². The number of aromatic nitrogens is 2. The van der Waals surface area contributed by atoms with Crippen molar-refractivity contribution in [2.45, 2.75) is 45.1 Å². The number of nitrogen functional groups attached to an aromatic ring is 1. The van der Waals surface area contributed by atoms with Crippen molar-refractivity contribution in [3.05, 3.63) is 18.2 Å². The van der Waals surface area contributed by atoms with Crippen LogP contribution in [0.5, 0.6) is 0 Å². The van der Waals surface area contributed by atoms with Crippen LogP contribution in [0.2, 0.25) is 0 Å². The number of nitrogens with one attached hydrogen (secondary N) is 2. The normalized spacial score (nSPS) is 24.3. The molecule has 0 aliphatic heterocycles. The van der Waals surface area contributed by atoms with E-state index in [4.69, 9.17) is 5.73 Å². The molecule has 1 aromatic heterocycles.